The summed E-state index contributed by atoms with van der Waals surface area (Å²) in [5, 5.41) is 4.01. The van der Waals surface area contributed by atoms with Crippen LogP contribution in [-0.2, 0) is 0 Å². The molecule has 1 atom stereocenters. The van der Waals surface area contributed by atoms with Gasteiger partial charge in [-0.1, -0.05) is 5.16 Å². The Bertz CT molecular complexity index is 765. The fourth-order valence-electron chi connectivity index (χ4n) is 2.25. The minimum Gasteiger partial charge on any atom is -0.337 e. The second-order valence-corrected chi connectivity index (χ2v) is 5.08. The van der Waals surface area contributed by atoms with Crippen molar-refractivity contribution in [1.29, 1.82) is 0 Å². The molecule has 3 aromatic rings. The second kappa shape index (κ2) is 4.35. The molecule has 1 unspecified atom stereocenters. The van der Waals surface area contributed by atoms with Gasteiger partial charge in [0.1, 0.15) is 0 Å². The Balaban J connectivity index is 1.71. The molecule has 2 aromatic heterocycles. The predicted octanol–water partition coefficient (Wildman–Crippen LogP) is 2.09. The third-order valence-electron chi connectivity index (χ3n) is 3.58. The highest BCUT2D eigenvalue weighted by atomic mass is 16.5. The summed E-state index contributed by atoms with van der Waals surface area (Å²) in [4.78, 5) is 12.9. The summed E-state index contributed by atoms with van der Waals surface area (Å²) in [6, 6.07) is 5.57. The molecule has 0 aliphatic heterocycles. The molecule has 0 saturated heterocycles. The van der Waals surface area contributed by atoms with Crippen molar-refractivity contribution >= 4 is 11.0 Å². The van der Waals surface area contributed by atoms with Gasteiger partial charge in [0.15, 0.2) is 0 Å². The van der Waals surface area contributed by atoms with E-state index in [1.807, 2.05) is 18.2 Å². The van der Waals surface area contributed by atoms with E-state index in [1.165, 1.54) is 0 Å². The van der Waals surface area contributed by atoms with E-state index in [0.717, 1.165) is 29.4 Å². The number of benzene rings is 1. The highest BCUT2D eigenvalue weighted by molar-refractivity contribution is 5.79. The zero-order valence-electron chi connectivity index (χ0n) is 10.7. The predicted molar refractivity (Wildman–Crippen MR) is 72.5 cm³/mol. The summed E-state index contributed by atoms with van der Waals surface area (Å²) in [6.07, 6.45) is 5.62. The van der Waals surface area contributed by atoms with E-state index >= 15 is 0 Å². The summed E-state index contributed by atoms with van der Waals surface area (Å²) in [5.74, 6) is 1.55. The number of aromatic nitrogens is 4. The summed E-state index contributed by atoms with van der Waals surface area (Å²) < 4.78 is 5.27. The summed E-state index contributed by atoms with van der Waals surface area (Å²) in [7, 11) is 0. The molecule has 1 aromatic carbocycles. The fraction of sp³-hybridized carbons (Fsp3) is 0.286. The largest absolute Gasteiger partial charge is 0.337 e. The molecular formula is C14H13N5O. The van der Waals surface area contributed by atoms with Gasteiger partial charge in [-0.25, -0.2) is 0 Å². The van der Waals surface area contributed by atoms with Crippen LogP contribution in [-0.4, -0.2) is 20.1 Å². The zero-order valence-corrected chi connectivity index (χ0v) is 10.7. The first-order valence-electron chi connectivity index (χ1n) is 6.61. The molecule has 4 rings (SSSR count). The van der Waals surface area contributed by atoms with Crippen LogP contribution in [0.15, 0.2) is 35.1 Å². The van der Waals surface area contributed by atoms with Crippen LogP contribution in [0.5, 0.6) is 0 Å². The Morgan fingerprint density at radius 3 is 2.75 bits per heavy atom. The Morgan fingerprint density at radius 2 is 1.95 bits per heavy atom. The van der Waals surface area contributed by atoms with Crippen LogP contribution < -0.4 is 5.73 Å². The van der Waals surface area contributed by atoms with Crippen LogP contribution in [0.25, 0.3) is 22.4 Å². The molecule has 0 amide bonds. The van der Waals surface area contributed by atoms with Crippen molar-refractivity contribution in [3.05, 3.63) is 36.5 Å². The molecule has 0 bridgehead atoms. The third kappa shape index (κ3) is 1.94. The van der Waals surface area contributed by atoms with Crippen LogP contribution in [0.3, 0.4) is 0 Å². The summed E-state index contributed by atoms with van der Waals surface area (Å²) in [6.45, 7) is 0. The molecule has 0 spiro atoms. The molecule has 2 heterocycles. The highest BCUT2D eigenvalue weighted by Crippen LogP contribution is 2.39. The molecule has 1 saturated carbocycles. The average Bonchev–Trinajstić information content (AvgIpc) is 3.23. The van der Waals surface area contributed by atoms with Crippen LogP contribution in [0, 0.1) is 5.92 Å². The molecule has 0 radical (unpaired) electrons. The van der Waals surface area contributed by atoms with Gasteiger partial charge in [0, 0.05) is 18.0 Å². The molecule has 6 heteroatoms. The van der Waals surface area contributed by atoms with Crippen molar-refractivity contribution in [2.75, 3.05) is 0 Å². The van der Waals surface area contributed by atoms with Crippen molar-refractivity contribution in [1.82, 2.24) is 20.1 Å². The lowest BCUT2D eigenvalue weighted by molar-refractivity contribution is 0.343. The van der Waals surface area contributed by atoms with E-state index < -0.39 is 0 Å². The maximum Gasteiger partial charge on any atom is 0.244 e. The molecule has 1 aliphatic carbocycles. The van der Waals surface area contributed by atoms with Gasteiger partial charge in [-0.2, -0.15) is 4.98 Å². The lowest BCUT2D eigenvalue weighted by Crippen LogP contribution is -2.12. The maximum atomic E-state index is 6.06. The van der Waals surface area contributed by atoms with Crippen molar-refractivity contribution in [2.45, 2.75) is 18.9 Å². The minimum absolute atomic E-state index is 0.142. The van der Waals surface area contributed by atoms with E-state index in [2.05, 4.69) is 20.1 Å². The van der Waals surface area contributed by atoms with Crippen LogP contribution >= 0.6 is 0 Å². The van der Waals surface area contributed by atoms with Gasteiger partial charge in [0.05, 0.1) is 17.1 Å². The zero-order chi connectivity index (χ0) is 13.5. The van der Waals surface area contributed by atoms with Crippen LogP contribution in [0.4, 0.5) is 0 Å². The van der Waals surface area contributed by atoms with E-state index in [4.69, 9.17) is 10.3 Å². The van der Waals surface area contributed by atoms with Gasteiger partial charge < -0.3 is 10.3 Å². The molecule has 6 nitrogen and oxygen atoms in total. The number of rotatable bonds is 3. The first-order chi connectivity index (χ1) is 9.81. The van der Waals surface area contributed by atoms with Gasteiger partial charge in [0.25, 0.3) is 0 Å². The van der Waals surface area contributed by atoms with Gasteiger partial charge in [-0.05, 0) is 37.0 Å². The maximum absolute atomic E-state index is 6.06. The Kier molecular flexibility index (Phi) is 2.50. The van der Waals surface area contributed by atoms with Crippen molar-refractivity contribution in [3.8, 4) is 11.4 Å². The Labute approximate surface area is 115 Å². The van der Waals surface area contributed by atoms with Gasteiger partial charge in [-0.15, -0.1) is 0 Å². The number of hydrogen-bond acceptors (Lipinski definition) is 6. The van der Waals surface area contributed by atoms with E-state index in [1.54, 1.807) is 12.4 Å². The van der Waals surface area contributed by atoms with Gasteiger partial charge >= 0.3 is 0 Å². The standard InChI is InChI=1S/C14H13N5O/c15-12(8-1-2-8)14-18-13(19-20-14)9-3-4-10-11(7-9)17-6-5-16-10/h3-8,12H,1-2,15H2. The number of hydrogen-bond donors (Lipinski definition) is 1. The van der Waals surface area contributed by atoms with Crippen molar-refractivity contribution < 1.29 is 4.52 Å². The Hall–Kier alpha value is -2.34. The smallest absolute Gasteiger partial charge is 0.244 e. The molecule has 20 heavy (non-hydrogen) atoms. The van der Waals surface area contributed by atoms with E-state index in [9.17, 15) is 0 Å². The average molecular weight is 267 g/mol. The molecule has 1 fully saturated rings. The lowest BCUT2D eigenvalue weighted by Gasteiger charge is -2.01. The first-order valence-corrected chi connectivity index (χ1v) is 6.61. The summed E-state index contributed by atoms with van der Waals surface area (Å²) >= 11 is 0. The minimum atomic E-state index is -0.142. The number of fused-ring (bicyclic) bond motifs is 1. The lowest BCUT2D eigenvalue weighted by atomic mass is 10.2. The topological polar surface area (TPSA) is 90.7 Å². The SMILES string of the molecule is NC(c1nc(-c2ccc3nccnc3c2)no1)C1CC1. The van der Waals surface area contributed by atoms with Crippen molar-refractivity contribution in [3.63, 3.8) is 0 Å². The monoisotopic (exact) mass is 267 g/mol. The van der Waals surface area contributed by atoms with Crippen molar-refractivity contribution in [2.24, 2.45) is 11.7 Å². The number of nitrogens with two attached hydrogens (primary N) is 1. The third-order valence-corrected chi connectivity index (χ3v) is 3.58. The van der Waals surface area contributed by atoms with E-state index in [0.29, 0.717) is 17.6 Å². The first kappa shape index (κ1) is 11.5. The quantitative estimate of drug-likeness (QED) is 0.781. The molecule has 1 aliphatic rings. The summed E-state index contributed by atoms with van der Waals surface area (Å²) in [5.41, 5.74) is 8.57. The van der Waals surface area contributed by atoms with Gasteiger partial charge in [-0.3, -0.25) is 9.97 Å². The van der Waals surface area contributed by atoms with Crippen LogP contribution in [0.1, 0.15) is 24.8 Å². The highest BCUT2D eigenvalue weighted by Gasteiger charge is 2.33. The second-order valence-electron chi connectivity index (χ2n) is 5.08. The van der Waals surface area contributed by atoms with E-state index in [-0.39, 0.29) is 6.04 Å². The number of nitrogens with zero attached hydrogens (tertiary/aromatic N) is 4. The Morgan fingerprint density at radius 1 is 1.15 bits per heavy atom. The van der Waals surface area contributed by atoms with Crippen LogP contribution in [0.2, 0.25) is 0 Å². The molecule has 2 N–H and O–H groups in total. The molecular weight excluding hydrogens is 254 g/mol. The fourth-order valence-corrected chi connectivity index (χ4v) is 2.25. The van der Waals surface area contributed by atoms with Gasteiger partial charge in [0.2, 0.25) is 11.7 Å². The molecule has 100 valence electrons. The normalized spacial score (nSPS) is 16.4.